The molecule has 3 nitrogen and oxygen atoms in total. The Morgan fingerprint density at radius 1 is 1.29 bits per heavy atom. The van der Waals surface area contributed by atoms with E-state index in [1.807, 2.05) is 18.2 Å². The molecule has 0 saturated heterocycles. The van der Waals surface area contributed by atoms with E-state index in [1.165, 1.54) is 12.1 Å². The normalized spacial score (nSPS) is 10.8. The molecule has 1 heterocycles. The van der Waals surface area contributed by atoms with Crippen LogP contribution in [0, 0.1) is 5.82 Å². The molecule has 0 fully saturated rings. The molecule has 106 valence electrons. The lowest BCUT2D eigenvalue weighted by molar-refractivity contribution is 0.111. The van der Waals surface area contributed by atoms with Crippen molar-refractivity contribution >= 4 is 33.2 Å². The summed E-state index contributed by atoms with van der Waals surface area (Å²) in [6, 6.07) is 9.94. The van der Waals surface area contributed by atoms with E-state index in [-0.39, 0.29) is 17.9 Å². The standard InChI is InChI=1S/C16H10BrFO3/c17-13-7-10(6-11-4-5-20-16(11)13)9-21-15-3-1-2-14(18)12(15)8-19/h1-8H,9H2. The molecule has 3 rings (SSSR count). The monoisotopic (exact) mass is 348 g/mol. The maximum absolute atomic E-state index is 13.5. The van der Waals surface area contributed by atoms with Crippen LogP contribution in [0.3, 0.4) is 0 Å². The van der Waals surface area contributed by atoms with Gasteiger partial charge in [0, 0.05) is 5.39 Å². The van der Waals surface area contributed by atoms with Crippen molar-refractivity contribution < 1.29 is 18.3 Å². The van der Waals surface area contributed by atoms with Gasteiger partial charge in [0.15, 0.2) is 6.29 Å². The number of carbonyl (C=O) groups excluding carboxylic acids is 1. The lowest BCUT2D eigenvalue weighted by Gasteiger charge is -2.09. The Morgan fingerprint density at radius 3 is 2.95 bits per heavy atom. The third kappa shape index (κ3) is 2.69. The molecule has 1 aromatic heterocycles. The highest BCUT2D eigenvalue weighted by atomic mass is 79.9. The van der Waals surface area contributed by atoms with Gasteiger partial charge in [0.25, 0.3) is 0 Å². The average molecular weight is 349 g/mol. The van der Waals surface area contributed by atoms with Crippen LogP contribution in [0.5, 0.6) is 5.75 Å². The third-order valence-corrected chi connectivity index (χ3v) is 3.68. The van der Waals surface area contributed by atoms with Crippen molar-refractivity contribution in [2.75, 3.05) is 0 Å². The fourth-order valence-corrected chi connectivity index (χ4v) is 2.71. The van der Waals surface area contributed by atoms with E-state index >= 15 is 0 Å². The first-order chi connectivity index (χ1) is 10.2. The molecule has 0 saturated carbocycles. The molecule has 0 amide bonds. The topological polar surface area (TPSA) is 39.4 Å². The van der Waals surface area contributed by atoms with Crippen molar-refractivity contribution in [3.05, 3.63) is 64.1 Å². The molecule has 5 heteroatoms. The largest absolute Gasteiger partial charge is 0.488 e. The Kier molecular flexibility index (Phi) is 3.75. The van der Waals surface area contributed by atoms with Crippen LogP contribution in [0.4, 0.5) is 4.39 Å². The van der Waals surface area contributed by atoms with E-state index in [0.29, 0.717) is 6.29 Å². The smallest absolute Gasteiger partial charge is 0.156 e. The van der Waals surface area contributed by atoms with Crippen molar-refractivity contribution in [1.29, 1.82) is 0 Å². The molecule has 2 aromatic carbocycles. The maximum atomic E-state index is 13.5. The van der Waals surface area contributed by atoms with Crippen molar-refractivity contribution in [3.63, 3.8) is 0 Å². The number of hydrogen-bond acceptors (Lipinski definition) is 3. The summed E-state index contributed by atoms with van der Waals surface area (Å²) in [6.45, 7) is 0.226. The van der Waals surface area contributed by atoms with Gasteiger partial charge in [0.2, 0.25) is 0 Å². The van der Waals surface area contributed by atoms with Crippen molar-refractivity contribution in [1.82, 2.24) is 0 Å². The van der Waals surface area contributed by atoms with E-state index in [2.05, 4.69) is 15.9 Å². The summed E-state index contributed by atoms with van der Waals surface area (Å²) in [6.07, 6.45) is 2.07. The van der Waals surface area contributed by atoms with Gasteiger partial charge in [-0.05, 0) is 51.8 Å². The number of ether oxygens (including phenoxy) is 1. The second-order valence-electron chi connectivity index (χ2n) is 4.47. The third-order valence-electron chi connectivity index (χ3n) is 3.09. The molecule has 0 unspecified atom stereocenters. The van der Waals surface area contributed by atoms with Gasteiger partial charge in [-0.25, -0.2) is 4.39 Å². The van der Waals surface area contributed by atoms with Gasteiger partial charge in [0.05, 0.1) is 16.3 Å². The number of hydrogen-bond donors (Lipinski definition) is 0. The minimum atomic E-state index is -0.589. The van der Waals surface area contributed by atoms with Crippen LogP contribution in [-0.2, 0) is 6.61 Å². The van der Waals surface area contributed by atoms with E-state index in [9.17, 15) is 9.18 Å². The SMILES string of the molecule is O=Cc1c(F)cccc1OCc1cc(Br)c2occc2c1. The van der Waals surface area contributed by atoms with Crippen LogP contribution < -0.4 is 4.74 Å². The number of fused-ring (bicyclic) bond motifs is 1. The van der Waals surface area contributed by atoms with E-state index in [1.54, 1.807) is 12.3 Å². The summed E-state index contributed by atoms with van der Waals surface area (Å²) in [5.41, 5.74) is 1.58. The number of furan rings is 1. The molecule has 0 spiro atoms. The van der Waals surface area contributed by atoms with Crippen molar-refractivity contribution in [2.24, 2.45) is 0 Å². The summed E-state index contributed by atoms with van der Waals surface area (Å²) < 4.78 is 25.2. The number of rotatable bonds is 4. The second kappa shape index (κ2) is 5.69. The molecule has 0 aliphatic carbocycles. The van der Waals surface area contributed by atoms with Crippen LogP contribution in [0.25, 0.3) is 11.0 Å². The van der Waals surface area contributed by atoms with Crippen molar-refractivity contribution in [2.45, 2.75) is 6.61 Å². The zero-order valence-corrected chi connectivity index (χ0v) is 12.4. The first-order valence-electron chi connectivity index (χ1n) is 6.21. The Bertz CT molecular complexity index is 810. The molecule has 0 N–H and O–H groups in total. The van der Waals surface area contributed by atoms with Crippen LogP contribution in [-0.4, -0.2) is 6.29 Å². The summed E-state index contributed by atoms with van der Waals surface area (Å²) in [5, 5.41) is 0.942. The minimum absolute atomic E-state index is 0.0686. The van der Waals surface area contributed by atoms with Crippen LogP contribution >= 0.6 is 15.9 Å². The highest BCUT2D eigenvalue weighted by molar-refractivity contribution is 9.10. The zero-order valence-electron chi connectivity index (χ0n) is 10.8. The van der Waals surface area contributed by atoms with Gasteiger partial charge in [0.1, 0.15) is 23.8 Å². The minimum Gasteiger partial charge on any atom is -0.488 e. The molecule has 3 aromatic rings. The second-order valence-corrected chi connectivity index (χ2v) is 5.33. The molecule has 0 radical (unpaired) electrons. The lowest BCUT2D eigenvalue weighted by atomic mass is 10.1. The number of halogens is 2. The molecule has 21 heavy (non-hydrogen) atoms. The Morgan fingerprint density at radius 2 is 2.14 bits per heavy atom. The summed E-state index contributed by atoms with van der Waals surface area (Å²) in [5.74, 6) is -0.359. The number of carbonyl (C=O) groups is 1. The average Bonchev–Trinajstić information content (AvgIpc) is 2.94. The lowest BCUT2D eigenvalue weighted by Crippen LogP contribution is -2.00. The van der Waals surface area contributed by atoms with Crippen LogP contribution in [0.2, 0.25) is 0 Å². The van der Waals surface area contributed by atoms with Gasteiger partial charge in [-0.15, -0.1) is 0 Å². The van der Waals surface area contributed by atoms with E-state index in [0.717, 1.165) is 21.0 Å². The Labute approximate surface area is 128 Å². The quantitative estimate of drug-likeness (QED) is 0.640. The highest BCUT2D eigenvalue weighted by Gasteiger charge is 2.10. The fraction of sp³-hybridized carbons (Fsp3) is 0.0625. The molecule has 0 aliphatic rings. The predicted molar refractivity (Wildman–Crippen MR) is 80.0 cm³/mol. The summed E-state index contributed by atoms with van der Waals surface area (Å²) >= 11 is 3.43. The Balaban J connectivity index is 1.86. The van der Waals surface area contributed by atoms with E-state index < -0.39 is 5.82 Å². The molecular weight excluding hydrogens is 339 g/mol. The Hall–Kier alpha value is -2.14. The predicted octanol–water partition coefficient (Wildman–Crippen LogP) is 4.73. The molecular formula is C16H10BrFO3. The summed E-state index contributed by atoms with van der Waals surface area (Å²) in [4.78, 5) is 10.9. The van der Waals surface area contributed by atoms with Gasteiger partial charge in [-0.3, -0.25) is 4.79 Å². The summed E-state index contributed by atoms with van der Waals surface area (Å²) in [7, 11) is 0. The first-order valence-corrected chi connectivity index (χ1v) is 7.00. The van der Waals surface area contributed by atoms with E-state index in [4.69, 9.17) is 9.15 Å². The molecule has 0 atom stereocenters. The fourth-order valence-electron chi connectivity index (χ4n) is 2.10. The van der Waals surface area contributed by atoms with Crippen molar-refractivity contribution in [3.8, 4) is 5.75 Å². The van der Waals surface area contributed by atoms with Crippen LogP contribution in [0.15, 0.2) is 51.6 Å². The van der Waals surface area contributed by atoms with Gasteiger partial charge >= 0.3 is 0 Å². The number of aldehydes is 1. The van der Waals surface area contributed by atoms with Gasteiger partial charge < -0.3 is 9.15 Å². The van der Waals surface area contributed by atoms with Gasteiger partial charge in [-0.1, -0.05) is 6.07 Å². The molecule has 0 aliphatic heterocycles. The van der Waals surface area contributed by atoms with Crippen LogP contribution in [0.1, 0.15) is 15.9 Å². The zero-order chi connectivity index (χ0) is 14.8. The molecule has 0 bridgehead atoms. The number of benzene rings is 2. The van der Waals surface area contributed by atoms with Gasteiger partial charge in [-0.2, -0.15) is 0 Å². The first kappa shape index (κ1) is 13.8. The highest BCUT2D eigenvalue weighted by Crippen LogP contribution is 2.28. The maximum Gasteiger partial charge on any atom is 0.156 e.